The van der Waals surface area contributed by atoms with Crippen molar-refractivity contribution in [1.82, 2.24) is 14.8 Å². The maximum atomic E-state index is 13.1. The number of ether oxygens (including phenoxy) is 1. The monoisotopic (exact) mass is 462 g/mol. The van der Waals surface area contributed by atoms with E-state index in [1.165, 1.54) is 17.0 Å². The number of pyridine rings is 1. The minimum atomic E-state index is -0.350. The van der Waals surface area contributed by atoms with Gasteiger partial charge >= 0.3 is 6.03 Å². The highest BCUT2D eigenvalue weighted by Gasteiger charge is 2.34. The summed E-state index contributed by atoms with van der Waals surface area (Å²) in [5.74, 6) is 0.0721. The topological polar surface area (TPSA) is 66.0 Å². The molecule has 2 aliphatic heterocycles. The van der Waals surface area contributed by atoms with Crippen LogP contribution in [0.4, 0.5) is 14.9 Å². The van der Waals surface area contributed by atoms with Crippen LogP contribution in [0, 0.1) is 5.82 Å². The summed E-state index contributed by atoms with van der Waals surface area (Å²) >= 11 is 3.33. The molecular formula is C20H20BrFN4O3. The lowest BCUT2D eigenvalue weighted by Crippen LogP contribution is -2.42. The Morgan fingerprint density at radius 1 is 1.17 bits per heavy atom. The van der Waals surface area contributed by atoms with Gasteiger partial charge in [0.1, 0.15) is 18.5 Å². The third-order valence-electron chi connectivity index (χ3n) is 5.04. The largest absolute Gasteiger partial charge is 0.472 e. The van der Waals surface area contributed by atoms with Crippen LogP contribution in [0.3, 0.4) is 0 Å². The van der Waals surface area contributed by atoms with Crippen LogP contribution in [-0.4, -0.2) is 65.5 Å². The molecule has 7 nitrogen and oxygen atoms in total. The minimum Gasteiger partial charge on any atom is -0.472 e. The van der Waals surface area contributed by atoms with Gasteiger partial charge in [-0.15, -0.1) is 0 Å². The van der Waals surface area contributed by atoms with E-state index >= 15 is 0 Å². The number of carbonyl (C=O) groups is 2. The van der Waals surface area contributed by atoms with E-state index in [1.54, 1.807) is 34.2 Å². The second-order valence-corrected chi connectivity index (χ2v) is 7.93. The molecule has 29 heavy (non-hydrogen) atoms. The highest BCUT2D eigenvalue weighted by Crippen LogP contribution is 2.22. The summed E-state index contributed by atoms with van der Waals surface area (Å²) in [6.07, 6.45) is 2.27. The molecular weight excluding hydrogens is 443 g/mol. The van der Waals surface area contributed by atoms with Gasteiger partial charge in [-0.1, -0.05) is 0 Å². The molecule has 0 aliphatic carbocycles. The summed E-state index contributed by atoms with van der Waals surface area (Å²) in [5.41, 5.74) is 0.628. The van der Waals surface area contributed by atoms with E-state index < -0.39 is 0 Å². The Labute approximate surface area is 176 Å². The number of halogens is 2. The van der Waals surface area contributed by atoms with Crippen molar-refractivity contribution in [3.05, 3.63) is 52.9 Å². The third-order valence-corrected chi connectivity index (χ3v) is 5.51. The molecule has 0 spiro atoms. The smallest absolute Gasteiger partial charge is 0.325 e. The molecule has 1 unspecified atom stereocenters. The second kappa shape index (κ2) is 8.36. The van der Waals surface area contributed by atoms with Crippen LogP contribution in [0.5, 0.6) is 5.88 Å². The summed E-state index contributed by atoms with van der Waals surface area (Å²) in [6.45, 7) is 2.01. The van der Waals surface area contributed by atoms with E-state index in [4.69, 9.17) is 4.74 Å². The predicted molar refractivity (Wildman–Crippen MR) is 108 cm³/mol. The van der Waals surface area contributed by atoms with Gasteiger partial charge in [-0.3, -0.25) is 9.69 Å². The van der Waals surface area contributed by atoms with Crippen molar-refractivity contribution in [2.24, 2.45) is 0 Å². The number of nitrogens with zero attached hydrogens (tertiary/aromatic N) is 4. The molecule has 0 N–H and O–H groups in total. The lowest BCUT2D eigenvalue weighted by molar-refractivity contribution is -0.130. The Morgan fingerprint density at radius 2 is 1.97 bits per heavy atom. The molecule has 3 heterocycles. The first-order valence-electron chi connectivity index (χ1n) is 9.37. The first-order chi connectivity index (χ1) is 14.0. The zero-order valence-electron chi connectivity index (χ0n) is 15.6. The normalized spacial score (nSPS) is 19.2. The number of amides is 3. The molecule has 2 fully saturated rings. The van der Waals surface area contributed by atoms with Crippen molar-refractivity contribution in [2.45, 2.75) is 12.5 Å². The molecule has 2 aromatic rings. The van der Waals surface area contributed by atoms with Crippen LogP contribution in [-0.2, 0) is 4.79 Å². The Morgan fingerprint density at radius 3 is 2.69 bits per heavy atom. The SMILES string of the molecule is O=C(CN1CCN(c2ccc(F)cc2)C1=O)N1CCC(Oc2ccc(Br)cn2)C1. The minimum absolute atomic E-state index is 0.0276. The molecule has 2 aliphatic rings. The Balaban J connectivity index is 1.30. The number of aromatic nitrogens is 1. The van der Waals surface area contributed by atoms with Gasteiger partial charge in [-0.25, -0.2) is 14.2 Å². The molecule has 3 amide bonds. The highest BCUT2D eigenvalue weighted by atomic mass is 79.9. The van der Waals surface area contributed by atoms with Crippen molar-refractivity contribution in [3.8, 4) is 5.88 Å². The maximum absolute atomic E-state index is 13.1. The summed E-state index contributed by atoms with van der Waals surface area (Å²) in [4.78, 5) is 34.3. The number of anilines is 1. The number of rotatable bonds is 5. The molecule has 1 atom stereocenters. The predicted octanol–water partition coefficient (Wildman–Crippen LogP) is 2.91. The van der Waals surface area contributed by atoms with Gasteiger partial charge in [-0.2, -0.15) is 0 Å². The van der Waals surface area contributed by atoms with Gasteiger partial charge in [0.05, 0.1) is 6.54 Å². The number of hydrogen-bond acceptors (Lipinski definition) is 4. The summed E-state index contributed by atoms with van der Waals surface area (Å²) in [5, 5.41) is 0. The first-order valence-corrected chi connectivity index (χ1v) is 10.2. The molecule has 0 saturated carbocycles. The van der Waals surface area contributed by atoms with Crippen molar-refractivity contribution in [1.29, 1.82) is 0 Å². The third kappa shape index (κ3) is 4.50. The van der Waals surface area contributed by atoms with Gasteiger partial charge in [0.25, 0.3) is 0 Å². The molecule has 2 saturated heterocycles. The fourth-order valence-electron chi connectivity index (χ4n) is 3.51. The lowest BCUT2D eigenvalue weighted by atomic mass is 10.3. The van der Waals surface area contributed by atoms with E-state index in [0.717, 1.165) is 10.9 Å². The molecule has 9 heteroatoms. The van der Waals surface area contributed by atoms with Crippen molar-refractivity contribution < 1.29 is 18.7 Å². The second-order valence-electron chi connectivity index (χ2n) is 7.02. The van der Waals surface area contributed by atoms with E-state index in [2.05, 4.69) is 20.9 Å². The number of likely N-dealkylation sites (tertiary alicyclic amines) is 1. The average molecular weight is 463 g/mol. The molecule has 4 rings (SSSR count). The number of hydrogen-bond donors (Lipinski definition) is 0. The van der Waals surface area contributed by atoms with Crippen LogP contribution in [0.15, 0.2) is 47.1 Å². The molecule has 0 radical (unpaired) electrons. The van der Waals surface area contributed by atoms with E-state index in [1.807, 2.05) is 6.07 Å². The fourth-order valence-corrected chi connectivity index (χ4v) is 3.74. The quantitative estimate of drug-likeness (QED) is 0.684. The van der Waals surface area contributed by atoms with E-state index in [-0.39, 0.29) is 30.4 Å². The van der Waals surface area contributed by atoms with E-state index in [9.17, 15) is 14.0 Å². The standard InChI is InChI=1S/C20H20BrFN4O3/c21-14-1-6-18(23-11-14)29-17-7-8-24(12-17)19(27)13-25-9-10-26(20(25)28)16-4-2-15(22)3-5-16/h1-6,11,17H,7-10,12-13H2. The van der Waals surface area contributed by atoms with Crippen LogP contribution in [0.1, 0.15) is 6.42 Å². The Bertz CT molecular complexity index is 894. The van der Waals surface area contributed by atoms with Crippen LogP contribution in [0.25, 0.3) is 0 Å². The highest BCUT2D eigenvalue weighted by molar-refractivity contribution is 9.10. The average Bonchev–Trinajstić information content (AvgIpc) is 3.32. The van der Waals surface area contributed by atoms with E-state index in [0.29, 0.717) is 37.7 Å². The Kier molecular flexibility index (Phi) is 5.66. The lowest BCUT2D eigenvalue weighted by Gasteiger charge is -2.22. The van der Waals surface area contributed by atoms with Crippen LogP contribution >= 0.6 is 15.9 Å². The first kappa shape index (κ1) is 19.6. The summed E-state index contributed by atoms with van der Waals surface area (Å²) in [6, 6.07) is 9.17. The molecule has 1 aromatic heterocycles. The van der Waals surface area contributed by atoms with Crippen molar-refractivity contribution in [3.63, 3.8) is 0 Å². The van der Waals surface area contributed by atoms with Gasteiger partial charge in [-0.05, 0) is 46.3 Å². The number of benzene rings is 1. The van der Waals surface area contributed by atoms with Gasteiger partial charge < -0.3 is 14.5 Å². The van der Waals surface area contributed by atoms with Gasteiger partial charge in [0.2, 0.25) is 11.8 Å². The van der Waals surface area contributed by atoms with Crippen LogP contribution < -0.4 is 9.64 Å². The zero-order valence-corrected chi connectivity index (χ0v) is 17.2. The summed E-state index contributed by atoms with van der Waals surface area (Å²) in [7, 11) is 0. The van der Waals surface area contributed by atoms with Crippen LogP contribution in [0.2, 0.25) is 0 Å². The van der Waals surface area contributed by atoms with Gasteiger partial charge in [0.15, 0.2) is 0 Å². The van der Waals surface area contributed by atoms with Crippen molar-refractivity contribution >= 4 is 33.6 Å². The fraction of sp³-hybridized carbons (Fsp3) is 0.350. The molecule has 152 valence electrons. The van der Waals surface area contributed by atoms with Crippen molar-refractivity contribution in [2.75, 3.05) is 37.6 Å². The van der Waals surface area contributed by atoms with Gasteiger partial charge in [0, 0.05) is 48.5 Å². The summed E-state index contributed by atoms with van der Waals surface area (Å²) < 4.78 is 19.8. The molecule has 0 bridgehead atoms. The number of urea groups is 1. The molecule has 1 aromatic carbocycles. The maximum Gasteiger partial charge on any atom is 0.325 e. The number of carbonyl (C=O) groups excluding carboxylic acids is 2. The zero-order chi connectivity index (χ0) is 20.4. The Hall–Kier alpha value is -2.68.